The standard InChI is InChI=1S/C15H21BN2O5S/c1-9(19)24-8-11(6-10-7-17-18-12(10)13(20)21)16-22-14(2,3)15(4,5)23-16/h6-7H,8H2,1-5H3,(H,17,18)(H,20,21). The molecule has 1 aliphatic heterocycles. The summed E-state index contributed by atoms with van der Waals surface area (Å²) in [6.45, 7) is 9.21. The monoisotopic (exact) mass is 352 g/mol. The minimum atomic E-state index is -1.11. The number of aromatic nitrogens is 2. The van der Waals surface area contributed by atoms with Crippen LogP contribution in [0, 0.1) is 0 Å². The molecule has 1 aromatic rings. The number of rotatable bonds is 5. The molecule has 1 aromatic heterocycles. The van der Waals surface area contributed by atoms with Crippen molar-refractivity contribution in [3.05, 3.63) is 22.9 Å². The first-order valence-electron chi connectivity index (χ1n) is 7.49. The van der Waals surface area contributed by atoms with Gasteiger partial charge < -0.3 is 14.4 Å². The highest BCUT2D eigenvalue weighted by Gasteiger charge is 2.52. The van der Waals surface area contributed by atoms with Gasteiger partial charge in [-0.3, -0.25) is 9.89 Å². The zero-order valence-corrected chi connectivity index (χ0v) is 15.2. The van der Waals surface area contributed by atoms with Gasteiger partial charge in [0.25, 0.3) is 0 Å². The number of nitrogens with one attached hydrogen (secondary N) is 1. The molecule has 7 nitrogen and oxygen atoms in total. The second-order valence-electron chi connectivity index (χ2n) is 6.59. The normalized spacial score (nSPS) is 19.5. The van der Waals surface area contributed by atoms with Crippen molar-refractivity contribution >= 4 is 36.0 Å². The highest BCUT2D eigenvalue weighted by atomic mass is 32.2. The molecular weight excluding hydrogens is 331 g/mol. The molecule has 0 bridgehead atoms. The predicted octanol–water partition coefficient (Wildman–Crippen LogP) is 2.40. The Bertz CT molecular complexity index is 667. The summed E-state index contributed by atoms with van der Waals surface area (Å²) in [5, 5.41) is 15.4. The lowest BCUT2D eigenvalue weighted by Crippen LogP contribution is -2.41. The van der Waals surface area contributed by atoms with Crippen LogP contribution >= 0.6 is 11.8 Å². The minimum Gasteiger partial charge on any atom is -0.477 e. The minimum absolute atomic E-state index is 0.0168. The van der Waals surface area contributed by atoms with Gasteiger partial charge in [-0.2, -0.15) is 5.10 Å². The Hall–Kier alpha value is -1.58. The maximum Gasteiger partial charge on any atom is 0.491 e. The van der Waals surface area contributed by atoms with E-state index in [4.69, 9.17) is 9.31 Å². The van der Waals surface area contributed by atoms with E-state index in [0.717, 1.165) is 11.8 Å². The van der Waals surface area contributed by atoms with Crippen molar-refractivity contribution in [3.8, 4) is 0 Å². The first kappa shape index (κ1) is 18.8. The Morgan fingerprint density at radius 3 is 2.42 bits per heavy atom. The maximum absolute atomic E-state index is 11.3. The average Bonchev–Trinajstić information content (AvgIpc) is 2.97. The summed E-state index contributed by atoms with van der Waals surface area (Å²) in [6.07, 6.45) is 3.08. The van der Waals surface area contributed by atoms with E-state index in [9.17, 15) is 14.7 Å². The number of carbonyl (C=O) groups is 2. The van der Waals surface area contributed by atoms with Crippen molar-refractivity contribution in [1.82, 2.24) is 10.2 Å². The van der Waals surface area contributed by atoms with Gasteiger partial charge in [-0.1, -0.05) is 17.8 Å². The summed E-state index contributed by atoms with van der Waals surface area (Å²) in [5.74, 6) is -0.762. The summed E-state index contributed by atoms with van der Waals surface area (Å²) in [6, 6.07) is 0. The van der Waals surface area contributed by atoms with Crippen LogP contribution in [0.2, 0.25) is 0 Å². The third-order valence-electron chi connectivity index (χ3n) is 4.22. The Labute approximate surface area is 145 Å². The van der Waals surface area contributed by atoms with Crippen LogP contribution in [0.4, 0.5) is 0 Å². The molecule has 0 aromatic carbocycles. The topological polar surface area (TPSA) is 102 Å². The molecule has 2 N–H and O–H groups in total. The first-order chi connectivity index (χ1) is 11.0. The molecule has 0 aliphatic carbocycles. The maximum atomic E-state index is 11.3. The predicted molar refractivity (Wildman–Crippen MR) is 92.7 cm³/mol. The number of carboxylic acid groups (broad SMARTS) is 1. The van der Waals surface area contributed by atoms with Crippen LogP contribution in [0.1, 0.15) is 50.7 Å². The summed E-state index contributed by atoms with van der Waals surface area (Å²) in [4.78, 5) is 22.6. The number of carbonyl (C=O) groups excluding carboxylic acids is 1. The van der Waals surface area contributed by atoms with Gasteiger partial charge in [-0.25, -0.2) is 4.79 Å². The van der Waals surface area contributed by atoms with Gasteiger partial charge >= 0.3 is 13.1 Å². The summed E-state index contributed by atoms with van der Waals surface area (Å²) >= 11 is 1.12. The molecule has 9 heteroatoms. The molecule has 2 heterocycles. The SMILES string of the molecule is CC(=O)SCC(=Cc1cn[nH]c1C(=O)O)B1OC(C)(C)C(C)(C)O1. The number of hydrogen-bond donors (Lipinski definition) is 2. The average molecular weight is 352 g/mol. The quantitative estimate of drug-likeness (QED) is 0.785. The van der Waals surface area contributed by atoms with Crippen molar-refractivity contribution in [2.45, 2.75) is 45.8 Å². The Balaban J connectivity index is 2.35. The van der Waals surface area contributed by atoms with Crippen molar-refractivity contribution in [1.29, 1.82) is 0 Å². The van der Waals surface area contributed by atoms with Crippen LogP contribution < -0.4 is 0 Å². The zero-order chi connectivity index (χ0) is 18.1. The Kier molecular flexibility index (Phi) is 5.27. The molecule has 24 heavy (non-hydrogen) atoms. The molecule has 0 radical (unpaired) electrons. The molecule has 0 unspecified atom stereocenters. The van der Waals surface area contributed by atoms with Crippen molar-refractivity contribution in [3.63, 3.8) is 0 Å². The smallest absolute Gasteiger partial charge is 0.477 e. The number of thioether (sulfide) groups is 1. The lowest BCUT2D eigenvalue weighted by atomic mass is 9.78. The van der Waals surface area contributed by atoms with E-state index < -0.39 is 24.3 Å². The lowest BCUT2D eigenvalue weighted by molar-refractivity contribution is -0.109. The molecule has 0 spiro atoms. The first-order valence-corrected chi connectivity index (χ1v) is 8.48. The van der Waals surface area contributed by atoms with E-state index in [1.165, 1.54) is 13.1 Å². The third kappa shape index (κ3) is 3.91. The number of aromatic amines is 1. The summed E-state index contributed by atoms with van der Waals surface area (Å²) < 4.78 is 12.0. The van der Waals surface area contributed by atoms with Crippen molar-refractivity contribution < 1.29 is 24.0 Å². The van der Waals surface area contributed by atoms with E-state index in [1.807, 2.05) is 27.7 Å². The molecule has 0 saturated carbocycles. The highest BCUT2D eigenvalue weighted by molar-refractivity contribution is 8.13. The molecule has 1 saturated heterocycles. The number of nitrogens with zero attached hydrogens (tertiary/aromatic N) is 1. The van der Waals surface area contributed by atoms with E-state index in [0.29, 0.717) is 16.8 Å². The van der Waals surface area contributed by atoms with Crippen LogP contribution in [0.5, 0.6) is 0 Å². The zero-order valence-electron chi connectivity index (χ0n) is 14.4. The molecule has 1 fully saturated rings. The van der Waals surface area contributed by atoms with Gasteiger partial charge in [0.1, 0.15) is 0 Å². The summed E-state index contributed by atoms with van der Waals surface area (Å²) in [5.41, 5.74) is 0.0267. The van der Waals surface area contributed by atoms with Gasteiger partial charge in [0, 0.05) is 18.2 Å². The molecular formula is C15H21BN2O5S. The van der Waals surface area contributed by atoms with E-state index in [2.05, 4.69) is 10.2 Å². The molecule has 2 rings (SSSR count). The Morgan fingerprint density at radius 1 is 1.33 bits per heavy atom. The molecule has 130 valence electrons. The number of carboxylic acids is 1. The molecule has 0 atom stereocenters. The van der Waals surface area contributed by atoms with Crippen molar-refractivity contribution in [2.75, 3.05) is 5.75 Å². The number of aromatic carboxylic acids is 1. The second-order valence-corrected chi connectivity index (χ2v) is 7.75. The highest BCUT2D eigenvalue weighted by Crippen LogP contribution is 2.39. The third-order valence-corrected chi connectivity index (χ3v) is 5.11. The van der Waals surface area contributed by atoms with E-state index in [-0.39, 0.29) is 10.8 Å². The van der Waals surface area contributed by atoms with Crippen LogP contribution in [-0.2, 0) is 14.1 Å². The fourth-order valence-corrected chi connectivity index (χ4v) is 2.72. The lowest BCUT2D eigenvalue weighted by Gasteiger charge is -2.32. The molecule has 0 amide bonds. The van der Waals surface area contributed by atoms with Crippen molar-refractivity contribution in [2.24, 2.45) is 0 Å². The van der Waals surface area contributed by atoms with Gasteiger partial charge in [0.15, 0.2) is 10.8 Å². The van der Waals surface area contributed by atoms with Gasteiger partial charge in [-0.15, -0.1) is 0 Å². The Morgan fingerprint density at radius 2 is 1.92 bits per heavy atom. The van der Waals surface area contributed by atoms with Crippen LogP contribution in [-0.4, -0.2) is 50.5 Å². The largest absolute Gasteiger partial charge is 0.491 e. The van der Waals surface area contributed by atoms with Gasteiger partial charge in [0.05, 0.1) is 17.4 Å². The molecule has 1 aliphatic rings. The fourth-order valence-electron chi connectivity index (χ4n) is 2.13. The number of H-pyrrole nitrogens is 1. The summed E-state index contributed by atoms with van der Waals surface area (Å²) in [7, 11) is -0.654. The van der Waals surface area contributed by atoms with Crippen LogP contribution in [0.25, 0.3) is 6.08 Å². The van der Waals surface area contributed by atoms with E-state index in [1.54, 1.807) is 6.08 Å². The van der Waals surface area contributed by atoms with Crippen LogP contribution in [0.15, 0.2) is 11.7 Å². The fraction of sp³-hybridized carbons (Fsp3) is 0.533. The van der Waals surface area contributed by atoms with Gasteiger partial charge in [0.2, 0.25) is 0 Å². The number of hydrogen-bond acceptors (Lipinski definition) is 6. The van der Waals surface area contributed by atoms with Gasteiger partial charge in [-0.05, 0) is 33.2 Å². The van der Waals surface area contributed by atoms with Crippen LogP contribution in [0.3, 0.4) is 0 Å². The van der Waals surface area contributed by atoms with E-state index >= 15 is 0 Å². The second kappa shape index (κ2) is 6.74.